The molecule has 0 radical (unpaired) electrons. The molecule has 0 saturated carbocycles. The lowest BCUT2D eigenvalue weighted by Gasteiger charge is -2.24. The van der Waals surface area contributed by atoms with Crippen LogP contribution in [0.1, 0.15) is 118 Å². The van der Waals surface area contributed by atoms with E-state index in [1.54, 1.807) is 58.7 Å². The van der Waals surface area contributed by atoms with Crippen LogP contribution in [0.3, 0.4) is 0 Å². The molecule has 0 bridgehead atoms. The molecule has 0 fully saturated rings. The molecule has 0 aromatic heterocycles. The molecule has 0 aliphatic heterocycles. The van der Waals surface area contributed by atoms with Crippen molar-refractivity contribution in [1.82, 2.24) is 24.5 Å². The van der Waals surface area contributed by atoms with E-state index >= 15 is 0 Å². The Morgan fingerprint density at radius 3 is 0.943 bits per heavy atom. The minimum atomic E-state index is -2.74. The van der Waals surface area contributed by atoms with Gasteiger partial charge >= 0.3 is 5.97 Å². The Labute approximate surface area is 332 Å². The SMILES string of the molecule is C.CC(C)C(=O)N(C)C.CC(C)N(C)CN(C)C.CC(C)S(C)(=O)=O.CCN(C)C(=O)C(C)C.CCN(C)C(C)C.COC(=O)C(C)C.COC(C)C. The third-order valence-electron chi connectivity index (χ3n) is 7.05. The van der Waals surface area contributed by atoms with Gasteiger partial charge in [-0.2, -0.15) is 0 Å². The highest BCUT2D eigenvalue weighted by Gasteiger charge is 2.10. The molecule has 0 aromatic rings. The average molecular weight is 790 g/mol. The van der Waals surface area contributed by atoms with E-state index in [0.717, 1.165) is 19.8 Å². The minimum Gasteiger partial charge on any atom is -0.469 e. The number of methoxy groups -OCH3 is 2. The van der Waals surface area contributed by atoms with E-state index in [-0.39, 0.29) is 48.2 Å². The van der Waals surface area contributed by atoms with E-state index in [4.69, 9.17) is 4.74 Å². The van der Waals surface area contributed by atoms with Gasteiger partial charge in [0, 0.05) is 71.6 Å². The monoisotopic (exact) mass is 790 g/mol. The summed E-state index contributed by atoms with van der Waals surface area (Å²) in [7, 11) is 14.1. The van der Waals surface area contributed by atoms with Crippen molar-refractivity contribution in [3.63, 3.8) is 0 Å². The van der Waals surface area contributed by atoms with Crippen molar-refractivity contribution in [3.8, 4) is 0 Å². The largest absolute Gasteiger partial charge is 0.469 e. The number of hydrogen-bond donors (Lipinski definition) is 0. The highest BCUT2D eigenvalue weighted by atomic mass is 32.2. The second-order valence-electron chi connectivity index (χ2n) is 15.0. The summed E-state index contributed by atoms with van der Waals surface area (Å²) in [5, 5.41) is -0.229. The number of hydrogen-bond acceptors (Lipinski definition) is 10. The third-order valence-corrected chi connectivity index (χ3v) is 8.76. The molecule has 0 saturated heterocycles. The summed E-state index contributed by atoms with van der Waals surface area (Å²) in [6.07, 6.45) is 1.62. The Balaban J connectivity index is -0.0000000745. The molecule has 13 heteroatoms. The molecule has 0 atom stereocenters. The zero-order valence-electron chi connectivity index (χ0n) is 39.2. The number of carbonyl (C=O) groups is 3. The molecule has 0 aliphatic carbocycles. The molecule has 0 spiro atoms. The lowest BCUT2D eigenvalue weighted by Crippen LogP contribution is -2.35. The van der Waals surface area contributed by atoms with Crippen LogP contribution in [0.2, 0.25) is 0 Å². The van der Waals surface area contributed by atoms with E-state index in [1.807, 2.05) is 55.5 Å². The van der Waals surface area contributed by atoms with Gasteiger partial charge in [0.1, 0.15) is 9.84 Å². The Morgan fingerprint density at radius 2 is 0.906 bits per heavy atom. The normalized spacial score (nSPS) is 10.4. The van der Waals surface area contributed by atoms with Gasteiger partial charge in [-0.15, -0.1) is 0 Å². The predicted octanol–water partition coefficient (Wildman–Crippen LogP) is 6.98. The summed E-state index contributed by atoms with van der Waals surface area (Å²) >= 11 is 0. The third kappa shape index (κ3) is 59.7. The Hall–Kier alpha value is -1.80. The zero-order valence-corrected chi connectivity index (χ0v) is 40.0. The summed E-state index contributed by atoms with van der Waals surface area (Å²) in [4.78, 5) is 42.1. The molecule has 0 rings (SSSR count). The van der Waals surface area contributed by atoms with E-state index < -0.39 is 9.84 Å². The van der Waals surface area contributed by atoms with Crippen LogP contribution >= 0.6 is 0 Å². The quantitative estimate of drug-likeness (QED) is 0.160. The smallest absolute Gasteiger partial charge is 0.308 e. The maximum absolute atomic E-state index is 11.0. The second-order valence-corrected chi connectivity index (χ2v) is 17.6. The van der Waals surface area contributed by atoms with Gasteiger partial charge in [-0.3, -0.25) is 24.2 Å². The maximum atomic E-state index is 11.0. The van der Waals surface area contributed by atoms with Crippen molar-refractivity contribution in [2.24, 2.45) is 17.8 Å². The number of ether oxygens (including phenoxy) is 2. The molecule has 328 valence electrons. The van der Waals surface area contributed by atoms with Crippen molar-refractivity contribution in [1.29, 1.82) is 0 Å². The molecule has 0 aliphatic rings. The van der Waals surface area contributed by atoms with Gasteiger partial charge in [-0.25, -0.2) is 8.42 Å². The molecule has 2 amide bonds. The van der Waals surface area contributed by atoms with Crippen LogP contribution in [0.25, 0.3) is 0 Å². The highest BCUT2D eigenvalue weighted by Crippen LogP contribution is 1.97. The van der Waals surface area contributed by atoms with Crippen LogP contribution in [0, 0.1) is 17.8 Å². The van der Waals surface area contributed by atoms with Crippen LogP contribution in [-0.4, -0.2) is 164 Å². The van der Waals surface area contributed by atoms with Crippen molar-refractivity contribution in [2.45, 2.75) is 142 Å². The number of amides is 2. The molecular formula is C40H95N5O7S. The van der Waals surface area contributed by atoms with Gasteiger partial charge in [0.15, 0.2) is 0 Å². The van der Waals surface area contributed by atoms with E-state index in [1.165, 1.54) is 13.4 Å². The fraction of sp³-hybridized carbons (Fsp3) is 0.925. The van der Waals surface area contributed by atoms with Crippen LogP contribution in [-0.2, 0) is 33.7 Å². The van der Waals surface area contributed by atoms with Crippen LogP contribution in [0.15, 0.2) is 0 Å². The van der Waals surface area contributed by atoms with E-state index in [2.05, 4.69) is 82.2 Å². The van der Waals surface area contributed by atoms with Crippen molar-refractivity contribution >= 4 is 27.6 Å². The van der Waals surface area contributed by atoms with Crippen LogP contribution in [0.4, 0.5) is 0 Å². The number of sulfone groups is 1. The van der Waals surface area contributed by atoms with Gasteiger partial charge in [-0.1, -0.05) is 55.9 Å². The molecule has 12 nitrogen and oxygen atoms in total. The van der Waals surface area contributed by atoms with Gasteiger partial charge < -0.3 is 24.2 Å². The van der Waals surface area contributed by atoms with E-state index in [9.17, 15) is 22.8 Å². The Morgan fingerprint density at radius 1 is 0.585 bits per heavy atom. The summed E-state index contributed by atoms with van der Waals surface area (Å²) < 4.78 is 29.8. The number of nitrogens with zero attached hydrogens (tertiary/aromatic N) is 5. The van der Waals surface area contributed by atoms with Crippen LogP contribution < -0.4 is 0 Å². The summed E-state index contributed by atoms with van der Waals surface area (Å²) in [5.41, 5.74) is 0. The van der Waals surface area contributed by atoms with Gasteiger partial charge in [0.05, 0.1) is 24.4 Å². The van der Waals surface area contributed by atoms with Gasteiger partial charge in [0.25, 0.3) is 0 Å². The Kier molecular flexibility index (Phi) is 54.0. The van der Waals surface area contributed by atoms with Crippen LogP contribution in [0.5, 0.6) is 0 Å². The van der Waals surface area contributed by atoms with Crippen molar-refractivity contribution in [3.05, 3.63) is 0 Å². The molecular weight excluding hydrogens is 695 g/mol. The second kappa shape index (κ2) is 41.4. The zero-order chi connectivity index (χ0) is 43.7. The number of carbonyl (C=O) groups excluding carboxylic acids is 3. The summed E-state index contributed by atoms with van der Waals surface area (Å²) in [6, 6.07) is 1.34. The molecule has 53 heavy (non-hydrogen) atoms. The fourth-order valence-corrected chi connectivity index (χ4v) is 2.32. The molecule has 0 heterocycles. The molecule has 0 N–H and O–H groups in total. The van der Waals surface area contributed by atoms with Gasteiger partial charge in [0.2, 0.25) is 11.8 Å². The fourth-order valence-electron chi connectivity index (χ4n) is 2.32. The first-order chi connectivity index (χ1) is 23.3. The average Bonchev–Trinajstić information content (AvgIpc) is 3.03. The van der Waals surface area contributed by atoms with Gasteiger partial charge in [-0.05, 0) is 97.0 Å². The number of esters is 1. The predicted molar refractivity (Wildman–Crippen MR) is 232 cm³/mol. The Bertz CT molecular complexity index is 912. The summed E-state index contributed by atoms with van der Waals surface area (Å²) in [5.74, 6) is 0.521. The maximum Gasteiger partial charge on any atom is 0.308 e. The minimum absolute atomic E-state index is 0. The van der Waals surface area contributed by atoms with Crippen molar-refractivity contribution < 1.29 is 32.3 Å². The lowest BCUT2D eigenvalue weighted by molar-refractivity contribution is -0.144. The van der Waals surface area contributed by atoms with Crippen molar-refractivity contribution in [2.75, 3.05) is 89.6 Å². The first-order valence-corrected chi connectivity index (χ1v) is 20.5. The molecule has 0 unspecified atom stereocenters. The van der Waals surface area contributed by atoms with E-state index in [0.29, 0.717) is 18.2 Å². The number of rotatable bonds is 11. The first kappa shape index (κ1) is 69.1. The molecule has 0 aromatic carbocycles. The highest BCUT2D eigenvalue weighted by molar-refractivity contribution is 7.91. The topological polar surface area (TPSA) is 120 Å². The first-order valence-electron chi connectivity index (χ1n) is 18.6. The lowest BCUT2D eigenvalue weighted by atomic mass is 10.2. The standard InChI is InChI=1S/C7H18N2.C7H15NO.C6H13NO.C6H15N.C5H10O2.C4H10O2S.C4H10O.CH4/c1-7(2)9(5)6-8(3)4;1-5-8(4)7(9)6(2)3;1-5(2)6(8)7(3)4;1-5-7(4)6(2)3;1-4(2)5(6)7-3;1-4(2)7(3,5)6;1-4(2)5-3;/h7H,6H2,1-5H3;6H,5H2,1-4H3;5H,1-4H3;6H,5H2,1-4H3;2*4H,1-3H3;4H,1-3H3;1H4. The summed E-state index contributed by atoms with van der Waals surface area (Å²) in [6.45, 7) is 34.4.